The van der Waals surface area contributed by atoms with Crippen molar-refractivity contribution in [2.24, 2.45) is 0 Å². The quantitative estimate of drug-likeness (QED) is 0.335. The second-order valence-electron chi connectivity index (χ2n) is 6.19. The number of benzene rings is 3. The minimum atomic E-state index is -4.49. The summed E-state index contributed by atoms with van der Waals surface area (Å²) in [5, 5.41) is 16.7. The van der Waals surface area contributed by atoms with Gasteiger partial charge in [-0.25, -0.2) is 0 Å². The van der Waals surface area contributed by atoms with Crippen LogP contribution in [-0.4, -0.2) is 33.0 Å². The van der Waals surface area contributed by atoms with Gasteiger partial charge in [0.2, 0.25) is 17.2 Å². The number of hydrogen-bond acceptors (Lipinski definition) is 8. The minimum Gasteiger partial charge on any atom is -0.507 e. The van der Waals surface area contributed by atoms with E-state index in [4.69, 9.17) is 11.6 Å². The van der Waals surface area contributed by atoms with E-state index >= 15 is 0 Å². The molecule has 4 N–H and O–H groups in total. The number of aromatic nitrogens is 3. The van der Waals surface area contributed by atoms with Crippen molar-refractivity contribution in [2.75, 3.05) is 10.6 Å². The lowest BCUT2D eigenvalue weighted by Gasteiger charge is -2.13. The highest BCUT2D eigenvalue weighted by Crippen LogP contribution is 2.35. The van der Waals surface area contributed by atoms with E-state index in [1.54, 1.807) is 12.1 Å². The Labute approximate surface area is 176 Å². The van der Waals surface area contributed by atoms with Gasteiger partial charge in [-0.1, -0.05) is 30.3 Å². The van der Waals surface area contributed by atoms with E-state index in [1.807, 2.05) is 30.3 Å². The maximum atomic E-state index is 11.7. The van der Waals surface area contributed by atoms with Crippen molar-refractivity contribution < 1.29 is 18.1 Å². The molecule has 11 heteroatoms. The molecule has 152 valence electrons. The first-order chi connectivity index (χ1) is 14.3. The Balaban J connectivity index is 1.79. The van der Waals surface area contributed by atoms with Crippen molar-refractivity contribution in [1.82, 2.24) is 15.0 Å². The van der Waals surface area contributed by atoms with Gasteiger partial charge in [-0.2, -0.15) is 23.4 Å². The zero-order chi connectivity index (χ0) is 21.3. The number of phenolic OH excluding ortho intramolecular Hbond substituents is 1. The van der Waals surface area contributed by atoms with Crippen molar-refractivity contribution >= 4 is 55.8 Å². The number of halogens is 1. The molecule has 1 heterocycles. The van der Waals surface area contributed by atoms with Gasteiger partial charge in [0, 0.05) is 11.1 Å². The van der Waals surface area contributed by atoms with Gasteiger partial charge in [-0.05, 0) is 47.3 Å². The summed E-state index contributed by atoms with van der Waals surface area (Å²) in [5.74, 6) is 0.0632. The van der Waals surface area contributed by atoms with Crippen LogP contribution in [0.5, 0.6) is 5.75 Å². The fraction of sp³-hybridized carbons (Fsp3) is 0. The van der Waals surface area contributed by atoms with Gasteiger partial charge in [0.1, 0.15) is 5.75 Å². The summed E-state index contributed by atoms with van der Waals surface area (Å²) in [7, 11) is -4.49. The number of para-hydroxylation sites is 1. The Hall–Kier alpha value is -3.47. The topological polar surface area (TPSA) is 137 Å². The van der Waals surface area contributed by atoms with Crippen molar-refractivity contribution in [1.29, 1.82) is 0 Å². The van der Waals surface area contributed by atoms with Crippen LogP contribution in [0.2, 0.25) is 5.28 Å². The van der Waals surface area contributed by atoms with Crippen LogP contribution in [0.4, 0.5) is 23.3 Å². The Morgan fingerprint density at radius 1 is 0.867 bits per heavy atom. The monoisotopic (exact) mass is 443 g/mol. The fourth-order valence-corrected chi connectivity index (χ4v) is 3.56. The SMILES string of the molecule is O=S(=O)(O)c1cc(Nc2nc(Cl)nc(Nc3ccccc3)n2)c2c(O)cccc2c1. The average molecular weight is 444 g/mol. The van der Waals surface area contributed by atoms with Gasteiger partial charge >= 0.3 is 0 Å². The number of nitrogens with zero attached hydrogens (tertiary/aromatic N) is 3. The Kier molecular flexibility index (Phi) is 5.12. The molecule has 0 amide bonds. The van der Waals surface area contributed by atoms with Crippen LogP contribution in [0, 0.1) is 0 Å². The van der Waals surface area contributed by atoms with Crippen molar-refractivity contribution in [2.45, 2.75) is 4.90 Å². The molecular formula is C19H14ClN5O4S. The first kappa shape index (κ1) is 19.8. The van der Waals surface area contributed by atoms with Crippen LogP contribution < -0.4 is 10.6 Å². The van der Waals surface area contributed by atoms with Crippen molar-refractivity contribution in [3.05, 3.63) is 65.9 Å². The number of nitrogens with one attached hydrogen (secondary N) is 2. The average Bonchev–Trinajstić information content (AvgIpc) is 2.67. The van der Waals surface area contributed by atoms with Crippen molar-refractivity contribution in [3.63, 3.8) is 0 Å². The molecule has 30 heavy (non-hydrogen) atoms. The first-order valence-electron chi connectivity index (χ1n) is 8.53. The molecular weight excluding hydrogens is 430 g/mol. The van der Waals surface area contributed by atoms with Gasteiger partial charge in [0.15, 0.2) is 0 Å². The summed E-state index contributed by atoms with van der Waals surface area (Å²) in [6.45, 7) is 0. The van der Waals surface area contributed by atoms with Crippen LogP contribution in [-0.2, 0) is 10.1 Å². The Bertz CT molecular complexity index is 1350. The van der Waals surface area contributed by atoms with Crippen LogP contribution in [0.15, 0.2) is 65.6 Å². The van der Waals surface area contributed by atoms with E-state index in [0.717, 1.165) is 5.69 Å². The third-order valence-electron chi connectivity index (χ3n) is 4.11. The zero-order valence-corrected chi connectivity index (χ0v) is 16.7. The molecule has 0 aliphatic rings. The number of anilines is 4. The molecule has 4 aromatic rings. The molecule has 0 fully saturated rings. The van der Waals surface area contributed by atoms with E-state index in [2.05, 4.69) is 25.6 Å². The molecule has 0 atom stereocenters. The number of hydrogen-bond donors (Lipinski definition) is 4. The number of fused-ring (bicyclic) bond motifs is 1. The molecule has 1 aromatic heterocycles. The third-order valence-corrected chi connectivity index (χ3v) is 5.11. The van der Waals surface area contributed by atoms with Crippen LogP contribution in [0.1, 0.15) is 0 Å². The lowest BCUT2D eigenvalue weighted by Crippen LogP contribution is -2.05. The van der Waals surface area contributed by atoms with Gasteiger partial charge in [0.25, 0.3) is 10.1 Å². The predicted molar refractivity (Wildman–Crippen MR) is 113 cm³/mol. The van der Waals surface area contributed by atoms with Crippen LogP contribution in [0.25, 0.3) is 10.8 Å². The smallest absolute Gasteiger partial charge is 0.294 e. The van der Waals surface area contributed by atoms with E-state index < -0.39 is 10.1 Å². The molecule has 0 bridgehead atoms. The number of rotatable bonds is 5. The largest absolute Gasteiger partial charge is 0.507 e. The summed E-state index contributed by atoms with van der Waals surface area (Å²) >= 11 is 6.01. The van der Waals surface area contributed by atoms with E-state index in [0.29, 0.717) is 10.8 Å². The Morgan fingerprint density at radius 2 is 1.57 bits per heavy atom. The molecule has 0 saturated carbocycles. The minimum absolute atomic E-state index is 0.00507. The number of aromatic hydroxyl groups is 1. The molecule has 0 radical (unpaired) electrons. The second-order valence-corrected chi connectivity index (χ2v) is 7.95. The van der Waals surface area contributed by atoms with Gasteiger partial charge < -0.3 is 15.7 Å². The first-order valence-corrected chi connectivity index (χ1v) is 10.4. The predicted octanol–water partition coefficient (Wildman–Crippen LogP) is 4.12. The van der Waals surface area contributed by atoms with Crippen LogP contribution in [0.3, 0.4) is 0 Å². The van der Waals surface area contributed by atoms with Crippen LogP contribution >= 0.6 is 11.6 Å². The normalized spacial score (nSPS) is 11.4. The maximum Gasteiger partial charge on any atom is 0.294 e. The molecule has 9 nitrogen and oxygen atoms in total. The van der Waals surface area contributed by atoms with E-state index in [9.17, 15) is 18.1 Å². The van der Waals surface area contributed by atoms with Gasteiger partial charge in [0.05, 0.1) is 10.6 Å². The molecule has 0 saturated heterocycles. The molecule has 3 aromatic carbocycles. The fourth-order valence-electron chi connectivity index (χ4n) is 2.86. The number of phenols is 1. The third kappa shape index (κ3) is 4.25. The van der Waals surface area contributed by atoms with E-state index in [-0.39, 0.29) is 33.5 Å². The van der Waals surface area contributed by atoms with Crippen molar-refractivity contribution in [3.8, 4) is 5.75 Å². The lowest BCUT2D eigenvalue weighted by atomic mass is 10.1. The van der Waals surface area contributed by atoms with Gasteiger partial charge in [-0.3, -0.25) is 4.55 Å². The zero-order valence-electron chi connectivity index (χ0n) is 15.1. The highest BCUT2D eigenvalue weighted by atomic mass is 35.5. The standard InChI is InChI=1S/C19H14ClN5O4S/c20-17-23-18(21-12-6-2-1-3-7-12)25-19(24-17)22-14-10-13(30(27,28)29)9-11-5-4-8-15(26)16(11)14/h1-10,26H,(H,27,28,29)(H2,21,22,23,24,25). The summed E-state index contributed by atoms with van der Waals surface area (Å²) in [4.78, 5) is 11.9. The summed E-state index contributed by atoms with van der Waals surface area (Å²) < 4.78 is 32.8. The summed E-state index contributed by atoms with van der Waals surface area (Å²) in [6.07, 6.45) is 0. The molecule has 0 spiro atoms. The second kappa shape index (κ2) is 7.75. The highest BCUT2D eigenvalue weighted by molar-refractivity contribution is 7.85. The maximum absolute atomic E-state index is 11.7. The molecule has 0 unspecified atom stereocenters. The van der Waals surface area contributed by atoms with Gasteiger partial charge in [-0.15, -0.1) is 0 Å². The molecule has 0 aliphatic carbocycles. The highest BCUT2D eigenvalue weighted by Gasteiger charge is 2.17. The molecule has 0 aliphatic heterocycles. The molecule has 4 rings (SSSR count). The lowest BCUT2D eigenvalue weighted by molar-refractivity contribution is 0.480. The summed E-state index contributed by atoms with van der Waals surface area (Å²) in [6, 6.07) is 16.2. The Morgan fingerprint density at radius 3 is 2.27 bits per heavy atom. The van der Waals surface area contributed by atoms with E-state index in [1.165, 1.54) is 18.2 Å². The summed E-state index contributed by atoms with van der Waals surface area (Å²) in [5.41, 5.74) is 0.883.